The van der Waals surface area contributed by atoms with Crippen molar-refractivity contribution in [1.82, 2.24) is 5.32 Å². The van der Waals surface area contributed by atoms with Crippen molar-refractivity contribution in [2.75, 3.05) is 5.75 Å². The molecule has 1 amide bonds. The molecule has 0 bridgehead atoms. The number of rotatable bonds is 4. The van der Waals surface area contributed by atoms with E-state index in [1.807, 2.05) is 6.92 Å². The maximum atomic E-state index is 12.1. The molecule has 3 atom stereocenters. The molecule has 19 heavy (non-hydrogen) atoms. The number of carbonyl (C=O) groups excluding carboxylic acids is 1. The van der Waals surface area contributed by atoms with Crippen LogP contribution in [0.3, 0.4) is 0 Å². The van der Waals surface area contributed by atoms with Crippen LogP contribution in [-0.2, 0) is 15.6 Å². The van der Waals surface area contributed by atoms with Crippen molar-refractivity contribution in [1.29, 1.82) is 0 Å². The van der Waals surface area contributed by atoms with Crippen LogP contribution in [0.4, 0.5) is 0 Å². The summed E-state index contributed by atoms with van der Waals surface area (Å²) < 4.78 is 11.9. The summed E-state index contributed by atoms with van der Waals surface area (Å²) in [4.78, 5) is 12.1. The average Bonchev–Trinajstić information content (AvgIpc) is 2.86. The Morgan fingerprint density at radius 1 is 1.32 bits per heavy atom. The van der Waals surface area contributed by atoms with Crippen LogP contribution in [0.5, 0.6) is 0 Å². The van der Waals surface area contributed by atoms with Gasteiger partial charge in [0.2, 0.25) is 0 Å². The summed E-state index contributed by atoms with van der Waals surface area (Å²) in [5.74, 6) is 0.480. The highest BCUT2D eigenvalue weighted by Gasteiger charge is 2.40. The van der Waals surface area contributed by atoms with Crippen molar-refractivity contribution in [3.05, 3.63) is 0 Å². The first kappa shape index (κ1) is 15.0. The topological polar surface area (TPSA) is 66.4 Å². The van der Waals surface area contributed by atoms with Gasteiger partial charge in [-0.15, -0.1) is 0 Å². The molecule has 0 spiro atoms. The van der Waals surface area contributed by atoms with Gasteiger partial charge in [-0.05, 0) is 44.9 Å². The van der Waals surface area contributed by atoms with Gasteiger partial charge in [-0.3, -0.25) is 9.00 Å². The molecule has 0 radical (unpaired) electrons. The molecule has 2 saturated carbocycles. The number of aliphatic hydroxyl groups is 1. The van der Waals surface area contributed by atoms with E-state index in [-0.39, 0.29) is 17.2 Å². The zero-order valence-electron chi connectivity index (χ0n) is 11.7. The number of carbonyl (C=O) groups is 1. The second-order valence-electron chi connectivity index (χ2n) is 5.87. The number of amides is 1. The molecule has 0 aromatic carbocycles. The first-order valence-electron chi connectivity index (χ1n) is 7.45. The summed E-state index contributed by atoms with van der Waals surface area (Å²) in [6.07, 6.45) is 6.76. The van der Waals surface area contributed by atoms with Crippen LogP contribution in [0.1, 0.15) is 58.3 Å². The van der Waals surface area contributed by atoms with E-state index in [2.05, 4.69) is 5.32 Å². The molecule has 110 valence electrons. The molecule has 2 aliphatic carbocycles. The van der Waals surface area contributed by atoms with Gasteiger partial charge in [-0.25, -0.2) is 0 Å². The van der Waals surface area contributed by atoms with Crippen LogP contribution in [0, 0.1) is 0 Å². The third kappa shape index (κ3) is 3.57. The Labute approximate surface area is 117 Å². The van der Waals surface area contributed by atoms with Gasteiger partial charge in [-0.1, -0.05) is 13.3 Å². The van der Waals surface area contributed by atoms with Gasteiger partial charge in [0, 0.05) is 27.8 Å². The molecular formula is C14H25NO3S. The van der Waals surface area contributed by atoms with Crippen molar-refractivity contribution in [3.63, 3.8) is 0 Å². The second-order valence-corrected chi connectivity index (χ2v) is 7.87. The SMILES string of the molecule is CCS(=O)C1CCCC(NC(=O)C2(O)CCCC2)C1. The molecule has 0 aliphatic heterocycles. The molecule has 4 nitrogen and oxygen atoms in total. The molecule has 2 fully saturated rings. The molecular weight excluding hydrogens is 262 g/mol. The largest absolute Gasteiger partial charge is 0.380 e. The van der Waals surface area contributed by atoms with Gasteiger partial charge in [0.05, 0.1) is 0 Å². The Morgan fingerprint density at radius 2 is 2.00 bits per heavy atom. The van der Waals surface area contributed by atoms with Crippen molar-refractivity contribution in [3.8, 4) is 0 Å². The lowest BCUT2D eigenvalue weighted by molar-refractivity contribution is -0.140. The van der Waals surface area contributed by atoms with Gasteiger partial charge in [0.1, 0.15) is 5.60 Å². The fraction of sp³-hybridized carbons (Fsp3) is 0.929. The highest BCUT2D eigenvalue weighted by Crippen LogP contribution is 2.30. The van der Waals surface area contributed by atoms with E-state index in [4.69, 9.17) is 0 Å². The maximum absolute atomic E-state index is 12.1. The Bertz CT molecular complexity index is 353. The fourth-order valence-electron chi connectivity index (χ4n) is 3.26. The highest BCUT2D eigenvalue weighted by atomic mass is 32.2. The standard InChI is InChI=1S/C14H25NO3S/c1-2-19(18)12-7-5-6-11(10-12)15-13(16)14(17)8-3-4-9-14/h11-12,17H,2-10H2,1H3,(H,15,16). The third-order valence-electron chi connectivity index (χ3n) is 4.47. The molecule has 0 aromatic rings. The van der Waals surface area contributed by atoms with E-state index in [0.29, 0.717) is 18.6 Å². The van der Waals surface area contributed by atoms with Gasteiger partial charge in [0.15, 0.2) is 0 Å². The fourth-order valence-corrected chi connectivity index (χ4v) is 4.61. The van der Waals surface area contributed by atoms with E-state index >= 15 is 0 Å². The normalized spacial score (nSPS) is 31.9. The van der Waals surface area contributed by atoms with Gasteiger partial charge in [0.25, 0.3) is 5.91 Å². The average molecular weight is 287 g/mol. The molecule has 0 saturated heterocycles. The Morgan fingerprint density at radius 3 is 2.63 bits per heavy atom. The number of hydrogen-bond acceptors (Lipinski definition) is 3. The molecule has 2 aliphatic rings. The summed E-state index contributed by atoms with van der Waals surface area (Å²) in [7, 11) is -0.775. The van der Waals surface area contributed by atoms with Crippen LogP contribution in [-0.4, -0.2) is 37.9 Å². The molecule has 2 N–H and O–H groups in total. The van der Waals surface area contributed by atoms with E-state index in [9.17, 15) is 14.1 Å². The van der Waals surface area contributed by atoms with Crippen molar-refractivity contribution >= 4 is 16.7 Å². The van der Waals surface area contributed by atoms with Crippen LogP contribution in [0.15, 0.2) is 0 Å². The van der Waals surface area contributed by atoms with E-state index < -0.39 is 16.4 Å². The zero-order chi connectivity index (χ0) is 13.9. The first-order chi connectivity index (χ1) is 9.05. The quantitative estimate of drug-likeness (QED) is 0.823. The van der Waals surface area contributed by atoms with Gasteiger partial charge >= 0.3 is 0 Å². The van der Waals surface area contributed by atoms with Crippen molar-refractivity contribution < 1.29 is 14.1 Å². The predicted molar refractivity (Wildman–Crippen MR) is 76.3 cm³/mol. The summed E-state index contributed by atoms with van der Waals surface area (Å²) in [6, 6.07) is 0.0892. The van der Waals surface area contributed by atoms with E-state index in [0.717, 1.165) is 38.5 Å². The monoisotopic (exact) mass is 287 g/mol. The van der Waals surface area contributed by atoms with Crippen LogP contribution < -0.4 is 5.32 Å². The van der Waals surface area contributed by atoms with Crippen LogP contribution in [0.2, 0.25) is 0 Å². The highest BCUT2D eigenvalue weighted by molar-refractivity contribution is 7.85. The summed E-state index contributed by atoms with van der Waals surface area (Å²) in [6.45, 7) is 1.94. The number of nitrogens with one attached hydrogen (secondary N) is 1. The molecule has 0 heterocycles. The summed E-state index contributed by atoms with van der Waals surface area (Å²) >= 11 is 0. The number of hydrogen-bond donors (Lipinski definition) is 2. The molecule has 3 unspecified atom stereocenters. The minimum atomic E-state index is -1.14. The minimum Gasteiger partial charge on any atom is -0.380 e. The Kier molecular flexibility index (Phi) is 5.01. The van der Waals surface area contributed by atoms with Gasteiger partial charge in [-0.2, -0.15) is 0 Å². The lowest BCUT2D eigenvalue weighted by atomic mass is 9.93. The molecule has 2 rings (SSSR count). The van der Waals surface area contributed by atoms with Crippen LogP contribution >= 0.6 is 0 Å². The molecule has 0 aromatic heterocycles. The predicted octanol–water partition coefficient (Wildman–Crippen LogP) is 1.49. The third-order valence-corrected chi connectivity index (χ3v) is 6.21. The first-order valence-corrected chi connectivity index (χ1v) is 8.84. The Balaban J connectivity index is 1.88. The molecule has 5 heteroatoms. The lowest BCUT2D eigenvalue weighted by Crippen LogP contribution is -2.50. The second kappa shape index (κ2) is 6.35. The lowest BCUT2D eigenvalue weighted by Gasteiger charge is -2.31. The van der Waals surface area contributed by atoms with E-state index in [1.54, 1.807) is 0 Å². The van der Waals surface area contributed by atoms with Gasteiger partial charge < -0.3 is 10.4 Å². The van der Waals surface area contributed by atoms with Crippen molar-refractivity contribution in [2.45, 2.75) is 75.2 Å². The van der Waals surface area contributed by atoms with Crippen molar-refractivity contribution in [2.24, 2.45) is 0 Å². The summed E-state index contributed by atoms with van der Waals surface area (Å²) in [5, 5.41) is 13.4. The maximum Gasteiger partial charge on any atom is 0.252 e. The Hall–Kier alpha value is -0.420. The summed E-state index contributed by atoms with van der Waals surface area (Å²) in [5.41, 5.74) is -1.14. The zero-order valence-corrected chi connectivity index (χ0v) is 12.5. The van der Waals surface area contributed by atoms with E-state index in [1.165, 1.54) is 0 Å². The minimum absolute atomic E-state index is 0.0892. The smallest absolute Gasteiger partial charge is 0.252 e. The van der Waals surface area contributed by atoms with Crippen LogP contribution in [0.25, 0.3) is 0 Å².